The van der Waals surface area contributed by atoms with Gasteiger partial charge in [0, 0.05) is 10.6 Å². The van der Waals surface area contributed by atoms with E-state index in [4.69, 9.17) is 21.9 Å². The molecule has 0 aliphatic heterocycles. The molecule has 1 heterocycles. The molecule has 0 spiro atoms. The van der Waals surface area contributed by atoms with Gasteiger partial charge in [-0.1, -0.05) is 41.0 Å². The van der Waals surface area contributed by atoms with Gasteiger partial charge in [0.15, 0.2) is 11.7 Å². The fourth-order valence-electron chi connectivity index (χ4n) is 2.18. The maximum Gasteiger partial charge on any atom is 0.573 e. The fourth-order valence-corrected chi connectivity index (χ4v) is 2.37. The molecule has 0 saturated carbocycles. The van der Waals surface area contributed by atoms with E-state index in [9.17, 15) is 13.2 Å². The summed E-state index contributed by atoms with van der Waals surface area (Å²) in [6.45, 7) is -0.0747. The van der Waals surface area contributed by atoms with E-state index < -0.39 is 12.1 Å². The Morgan fingerprint density at radius 3 is 2.75 bits per heavy atom. The summed E-state index contributed by atoms with van der Waals surface area (Å²) in [6, 6.07) is 12.3. The summed E-state index contributed by atoms with van der Waals surface area (Å²) >= 11 is 5.92. The Morgan fingerprint density at radius 2 is 2.00 bits per heavy atom. The zero-order valence-corrected chi connectivity index (χ0v) is 14.8. The van der Waals surface area contributed by atoms with E-state index in [1.807, 2.05) is 0 Å². The van der Waals surface area contributed by atoms with Crippen LogP contribution in [-0.4, -0.2) is 22.5 Å². The molecule has 0 atom stereocenters. The molecule has 0 saturated heterocycles. The first-order valence-corrected chi connectivity index (χ1v) is 8.18. The Bertz CT molecular complexity index is 991. The van der Waals surface area contributed by atoms with Crippen molar-refractivity contribution in [3.05, 3.63) is 59.4 Å². The second-order valence-corrected chi connectivity index (χ2v) is 5.83. The van der Waals surface area contributed by atoms with Gasteiger partial charge >= 0.3 is 6.36 Å². The van der Waals surface area contributed by atoms with E-state index in [0.29, 0.717) is 16.4 Å². The lowest BCUT2D eigenvalue weighted by molar-refractivity contribution is -0.274. The number of benzene rings is 2. The molecule has 146 valence electrons. The number of nitrogens with two attached hydrogens (primary N) is 1. The third-order valence-corrected chi connectivity index (χ3v) is 3.55. The van der Waals surface area contributed by atoms with Crippen molar-refractivity contribution in [1.29, 1.82) is 0 Å². The topological polar surface area (TPSA) is 98.6 Å². The van der Waals surface area contributed by atoms with Crippen molar-refractivity contribution < 1.29 is 22.4 Å². The van der Waals surface area contributed by atoms with Crippen LogP contribution in [-0.2, 0) is 6.54 Å². The first kappa shape index (κ1) is 19.5. The second-order valence-electron chi connectivity index (χ2n) is 5.39. The maximum absolute atomic E-state index is 12.4. The highest BCUT2D eigenvalue weighted by Crippen LogP contribution is 2.29. The minimum atomic E-state index is -4.83. The van der Waals surface area contributed by atoms with Crippen molar-refractivity contribution >= 4 is 23.2 Å². The second kappa shape index (κ2) is 8.17. The van der Waals surface area contributed by atoms with Gasteiger partial charge < -0.3 is 20.3 Å². The van der Waals surface area contributed by atoms with Crippen LogP contribution in [0.1, 0.15) is 5.89 Å². The molecule has 1 aromatic heterocycles. The maximum atomic E-state index is 12.4. The van der Waals surface area contributed by atoms with Crippen LogP contribution >= 0.6 is 11.6 Å². The van der Waals surface area contributed by atoms with E-state index in [1.165, 1.54) is 18.2 Å². The number of anilines is 1. The number of alkyl halides is 3. The molecule has 3 aromatic rings. The van der Waals surface area contributed by atoms with Gasteiger partial charge in [0.1, 0.15) is 6.54 Å². The molecular weight excluding hydrogens is 399 g/mol. The molecular formula is C17H13ClF3N5O2. The molecule has 0 bridgehead atoms. The van der Waals surface area contributed by atoms with E-state index in [-0.39, 0.29) is 24.1 Å². The standard InChI is InChI=1S/C17H13ClF3N5O2/c18-11-5-3-4-10(8-11)15-25-14(28-26-15)9-23-16(22)24-12-6-1-2-7-13(12)27-17(19,20)21/h1-8H,9H2,(H3,22,23,24). The van der Waals surface area contributed by atoms with E-state index in [1.54, 1.807) is 24.3 Å². The number of hydrogen-bond acceptors (Lipinski definition) is 5. The summed E-state index contributed by atoms with van der Waals surface area (Å²) in [5, 5.41) is 6.89. The zero-order chi connectivity index (χ0) is 20.1. The molecule has 0 amide bonds. The number of rotatable bonds is 5. The van der Waals surface area contributed by atoms with Crippen LogP contribution < -0.4 is 15.8 Å². The number of ether oxygens (including phenoxy) is 1. The Balaban J connectivity index is 1.68. The highest BCUT2D eigenvalue weighted by atomic mass is 35.5. The smallest absolute Gasteiger partial charge is 0.404 e. The van der Waals surface area contributed by atoms with Crippen LogP contribution in [0.5, 0.6) is 5.75 Å². The van der Waals surface area contributed by atoms with Gasteiger partial charge in [0.05, 0.1) is 5.69 Å². The minimum absolute atomic E-state index is 0.00576. The Kier molecular flexibility index (Phi) is 5.69. The molecule has 7 nitrogen and oxygen atoms in total. The highest BCUT2D eigenvalue weighted by molar-refractivity contribution is 6.30. The van der Waals surface area contributed by atoms with E-state index in [0.717, 1.165) is 6.07 Å². The Morgan fingerprint density at radius 1 is 1.21 bits per heavy atom. The zero-order valence-electron chi connectivity index (χ0n) is 14.1. The van der Waals surface area contributed by atoms with Crippen molar-refractivity contribution in [2.45, 2.75) is 12.9 Å². The highest BCUT2D eigenvalue weighted by Gasteiger charge is 2.32. The van der Waals surface area contributed by atoms with Gasteiger partial charge in [-0.3, -0.25) is 0 Å². The lowest BCUT2D eigenvalue weighted by Crippen LogP contribution is -2.24. The summed E-state index contributed by atoms with van der Waals surface area (Å²) in [7, 11) is 0. The molecule has 0 radical (unpaired) electrons. The van der Waals surface area contributed by atoms with Gasteiger partial charge in [-0.25, -0.2) is 4.99 Å². The number of guanidine groups is 1. The van der Waals surface area contributed by atoms with Crippen LogP contribution in [0.4, 0.5) is 18.9 Å². The lowest BCUT2D eigenvalue weighted by atomic mass is 10.2. The molecule has 0 unspecified atom stereocenters. The molecule has 11 heteroatoms. The molecule has 28 heavy (non-hydrogen) atoms. The average molecular weight is 412 g/mol. The Hall–Kier alpha value is -3.27. The summed E-state index contributed by atoms with van der Waals surface area (Å²) in [5.74, 6) is -0.0994. The third-order valence-electron chi connectivity index (χ3n) is 3.31. The van der Waals surface area contributed by atoms with E-state index >= 15 is 0 Å². The number of nitrogens with one attached hydrogen (secondary N) is 1. The molecule has 3 rings (SSSR count). The van der Waals surface area contributed by atoms with Crippen LogP contribution in [0.25, 0.3) is 11.4 Å². The fraction of sp³-hybridized carbons (Fsp3) is 0.118. The van der Waals surface area contributed by atoms with Crippen LogP contribution in [0.2, 0.25) is 5.02 Å². The molecule has 0 fully saturated rings. The van der Waals surface area contributed by atoms with Crippen LogP contribution in [0.3, 0.4) is 0 Å². The van der Waals surface area contributed by atoms with Crippen LogP contribution in [0.15, 0.2) is 58.0 Å². The number of aromatic nitrogens is 2. The number of para-hydroxylation sites is 2. The number of aliphatic imine (C=N–C) groups is 1. The quantitative estimate of drug-likeness (QED) is 0.482. The van der Waals surface area contributed by atoms with Gasteiger partial charge in [-0.2, -0.15) is 4.98 Å². The Labute approximate surface area is 162 Å². The predicted molar refractivity (Wildman–Crippen MR) is 96.8 cm³/mol. The lowest BCUT2D eigenvalue weighted by Gasteiger charge is -2.13. The predicted octanol–water partition coefficient (Wildman–Crippen LogP) is 4.22. The summed E-state index contributed by atoms with van der Waals surface area (Å²) in [6.07, 6.45) is -4.83. The van der Waals surface area contributed by atoms with Crippen molar-refractivity contribution in [2.24, 2.45) is 10.7 Å². The largest absolute Gasteiger partial charge is 0.573 e. The van der Waals surface area contributed by atoms with Crippen molar-refractivity contribution in [3.8, 4) is 17.1 Å². The SMILES string of the molecule is NC(=NCc1nc(-c2cccc(Cl)c2)no1)Nc1ccccc1OC(F)(F)F. The number of halogens is 4. The van der Waals surface area contributed by atoms with Gasteiger partial charge in [-0.05, 0) is 24.3 Å². The van der Waals surface area contributed by atoms with Crippen molar-refractivity contribution in [1.82, 2.24) is 10.1 Å². The molecule has 3 N–H and O–H groups in total. The third kappa shape index (κ3) is 5.36. The van der Waals surface area contributed by atoms with Gasteiger partial charge in [0.2, 0.25) is 11.7 Å². The molecule has 2 aromatic carbocycles. The van der Waals surface area contributed by atoms with E-state index in [2.05, 4.69) is 25.2 Å². The average Bonchev–Trinajstić information content (AvgIpc) is 3.10. The number of nitrogens with zero attached hydrogens (tertiary/aromatic N) is 3. The van der Waals surface area contributed by atoms with Crippen molar-refractivity contribution in [2.75, 3.05) is 5.32 Å². The van der Waals surface area contributed by atoms with Gasteiger partial charge in [-0.15, -0.1) is 13.2 Å². The van der Waals surface area contributed by atoms with Crippen molar-refractivity contribution in [3.63, 3.8) is 0 Å². The molecule has 0 aliphatic carbocycles. The molecule has 0 aliphatic rings. The van der Waals surface area contributed by atoms with Crippen LogP contribution in [0, 0.1) is 0 Å². The summed E-state index contributed by atoms with van der Waals surface area (Å²) < 4.78 is 46.4. The minimum Gasteiger partial charge on any atom is -0.404 e. The first-order chi connectivity index (χ1) is 13.3. The number of hydrogen-bond donors (Lipinski definition) is 2. The summed E-state index contributed by atoms with van der Waals surface area (Å²) in [4.78, 5) is 8.14. The monoisotopic (exact) mass is 411 g/mol. The van der Waals surface area contributed by atoms with Gasteiger partial charge in [0.25, 0.3) is 0 Å². The summed E-state index contributed by atoms with van der Waals surface area (Å²) in [5.41, 5.74) is 6.39. The first-order valence-electron chi connectivity index (χ1n) is 7.80. The normalized spacial score (nSPS) is 12.1.